The van der Waals surface area contributed by atoms with Crippen LogP contribution >= 0.6 is 0 Å². The molecule has 5 fully saturated rings. The van der Waals surface area contributed by atoms with Gasteiger partial charge in [0.25, 0.3) is 0 Å². The van der Waals surface area contributed by atoms with Crippen molar-refractivity contribution in [3.05, 3.63) is 11.6 Å². The monoisotopic (exact) mass is 670 g/mol. The van der Waals surface area contributed by atoms with Crippen molar-refractivity contribution in [2.75, 3.05) is 7.11 Å². The third-order valence-corrected chi connectivity index (χ3v) is 13.3. The van der Waals surface area contributed by atoms with Crippen LogP contribution in [-0.2, 0) is 28.5 Å². The van der Waals surface area contributed by atoms with E-state index in [-0.39, 0.29) is 31.1 Å². The van der Waals surface area contributed by atoms with E-state index in [1.807, 2.05) is 13.0 Å². The third kappa shape index (κ3) is 5.14. The van der Waals surface area contributed by atoms with Crippen molar-refractivity contribution in [2.24, 2.45) is 22.7 Å². The molecule has 0 bridgehead atoms. The van der Waals surface area contributed by atoms with Gasteiger partial charge in [0.15, 0.2) is 12.6 Å². The minimum Gasteiger partial charge on any atom is -0.390 e. The molecule has 3 saturated carbocycles. The Bertz CT molecular complexity index is 1220. The van der Waals surface area contributed by atoms with Gasteiger partial charge in [-0.05, 0) is 64.7 Å². The fourth-order valence-electron chi connectivity index (χ4n) is 10.6. The van der Waals surface area contributed by atoms with Gasteiger partial charge in [-0.2, -0.15) is 0 Å². The summed E-state index contributed by atoms with van der Waals surface area (Å²) in [6.45, 7) is 8.40. The van der Waals surface area contributed by atoms with E-state index in [9.17, 15) is 40.5 Å². The first-order valence-electron chi connectivity index (χ1n) is 17.1. The number of methoxy groups -OCH3 is 1. The summed E-state index contributed by atoms with van der Waals surface area (Å²) in [5.41, 5.74) is -4.69. The number of Topliss-reactive ketones (excluding diaryl/α,β-unsaturated/α-hetero) is 1. The van der Waals surface area contributed by atoms with E-state index in [4.69, 9.17) is 23.7 Å². The molecule has 2 saturated heterocycles. The number of hydrogen-bond acceptors (Lipinski definition) is 13. The lowest BCUT2D eigenvalue weighted by molar-refractivity contribution is -0.342. The first kappa shape index (κ1) is 35.7. The fourth-order valence-corrected chi connectivity index (χ4v) is 10.6. The minimum absolute atomic E-state index is 0.0686. The van der Waals surface area contributed by atoms with Gasteiger partial charge in [-0.1, -0.05) is 25.5 Å². The lowest BCUT2D eigenvalue weighted by Crippen LogP contribution is -2.79. The summed E-state index contributed by atoms with van der Waals surface area (Å²) in [4.78, 5) is 12.6. The minimum atomic E-state index is -1.76. The van der Waals surface area contributed by atoms with Crippen LogP contribution in [0.25, 0.3) is 0 Å². The van der Waals surface area contributed by atoms with Crippen molar-refractivity contribution in [3.63, 3.8) is 0 Å². The van der Waals surface area contributed by atoms with Crippen molar-refractivity contribution in [3.8, 4) is 0 Å². The van der Waals surface area contributed by atoms with Gasteiger partial charge in [-0.25, -0.2) is 0 Å². The van der Waals surface area contributed by atoms with E-state index in [0.717, 1.165) is 5.57 Å². The fraction of sp³-hybridized carbons (Fsp3) is 0.912. The Hall–Kier alpha value is -1.07. The molecule has 47 heavy (non-hydrogen) atoms. The first-order valence-corrected chi connectivity index (χ1v) is 17.1. The number of fused-ring (bicyclic) bond motifs is 5. The van der Waals surface area contributed by atoms with Gasteiger partial charge in [0.05, 0.1) is 36.6 Å². The van der Waals surface area contributed by atoms with Gasteiger partial charge >= 0.3 is 0 Å². The molecule has 0 radical (unpaired) electrons. The predicted octanol–water partition coefficient (Wildman–Crippen LogP) is 0.0736. The van der Waals surface area contributed by atoms with Gasteiger partial charge in [0.1, 0.15) is 41.4 Å². The molecular weight excluding hydrogens is 616 g/mol. The van der Waals surface area contributed by atoms with Crippen LogP contribution < -0.4 is 0 Å². The molecule has 0 unspecified atom stereocenters. The smallest absolute Gasteiger partial charge is 0.187 e. The Labute approximate surface area is 275 Å². The number of aliphatic hydroxyl groups is 7. The highest BCUT2D eigenvalue weighted by molar-refractivity contribution is 5.80. The molecule has 268 valence electrons. The second-order valence-electron chi connectivity index (χ2n) is 15.6. The van der Waals surface area contributed by atoms with Gasteiger partial charge in [0.2, 0.25) is 0 Å². The summed E-state index contributed by atoms with van der Waals surface area (Å²) < 4.78 is 29.4. The molecule has 13 heteroatoms. The molecule has 0 spiro atoms. The first-order chi connectivity index (χ1) is 21.9. The number of carbonyl (C=O) groups is 1. The maximum Gasteiger partial charge on any atom is 0.187 e. The molecule has 2 aliphatic heterocycles. The van der Waals surface area contributed by atoms with Crippen molar-refractivity contribution >= 4 is 5.78 Å². The van der Waals surface area contributed by atoms with Crippen LogP contribution in [0.15, 0.2) is 11.6 Å². The van der Waals surface area contributed by atoms with Gasteiger partial charge in [-0.15, -0.1) is 0 Å². The van der Waals surface area contributed by atoms with Crippen LogP contribution in [0.3, 0.4) is 0 Å². The maximum absolute atomic E-state index is 12.6. The predicted molar refractivity (Wildman–Crippen MR) is 163 cm³/mol. The van der Waals surface area contributed by atoms with E-state index >= 15 is 0 Å². The lowest BCUT2D eigenvalue weighted by atomic mass is 9.42. The molecule has 0 aromatic rings. The second-order valence-corrected chi connectivity index (χ2v) is 15.6. The standard InChI is InChI=1S/C34H54O13/c1-15(35)20-9-12-34(42)32(20,5)29(40)25(39)28-31(4)10-8-19(13-18(31)7-11-33(28,34)41)46-22-14-21(36)26(17(3)44-22)47-30-24(38)27(43-6)23(37)16(2)45-30/h7,16-17,19-30,36-42H,8-14H2,1-6H3/t16-,17-,19+,20-,21-,22+,23-,24-,25+,26-,27-,28-,29-,30+,31+,32+,33+,34+/m1/s1. The van der Waals surface area contributed by atoms with Crippen molar-refractivity contribution in [1.82, 2.24) is 0 Å². The van der Waals surface area contributed by atoms with Gasteiger partial charge < -0.3 is 59.4 Å². The van der Waals surface area contributed by atoms with Crippen molar-refractivity contribution in [1.29, 1.82) is 0 Å². The molecule has 2 heterocycles. The quantitative estimate of drug-likeness (QED) is 0.187. The average molecular weight is 671 g/mol. The summed E-state index contributed by atoms with van der Waals surface area (Å²) in [6, 6.07) is 0. The highest BCUT2D eigenvalue weighted by Gasteiger charge is 2.78. The zero-order valence-electron chi connectivity index (χ0n) is 28.2. The Kier molecular flexibility index (Phi) is 9.36. The molecule has 6 rings (SSSR count). The Morgan fingerprint density at radius 1 is 0.915 bits per heavy atom. The second kappa shape index (κ2) is 12.3. The van der Waals surface area contributed by atoms with Gasteiger partial charge in [-0.3, -0.25) is 4.79 Å². The van der Waals surface area contributed by atoms with Crippen LogP contribution in [-0.4, -0.2) is 133 Å². The van der Waals surface area contributed by atoms with E-state index in [1.54, 1.807) is 20.8 Å². The van der Waals surface area contributed by atoms with E-state index in [0.29, 0.717) is 25.7 Å². The summed E-state index contributed by atoms with van der Waals surface area (Å²) in [5, 5.41) is 79.8. The Morgan fingerprint density at radius 3 is 2.26 bits per heavy atom. The maximum atomic E-state index is 12.6. The summed E-state index contributed by atoms with van der Waals surface area (Å²) >= 11 is 0. The zero-order chi connectivity index (χ0) is 34.4. The van der Waals surface area contributed by atoms with Crippen LogP contribution in [0.1, 0.15) is 79.6 Å². The Morgan fingerprint density at radius 2 is 1.62 bits per heavy atom. The number of ketones is 1. The Balaban J connectivity index is 1.13. The molecule has 6 aliphatic rings. The van der Waals surface area contributed by atoms with Crippen LogP contribution in [0.5, 0.6) is 0 Å². The highest BCUT2D eigenvalue weighted by atomic mass is 16.7. The zero-order valence-corrected chi connectivity index (χ0v) is 28.2. The SMILES string of the molecule is CO[C@H]1[C@@H](O)[C@H](O[C@H]2[C@H](O)C[C@H](O[C@H]3CC[C@@]4(C)C(=CC[C@]5(O)[C@@H]4[C@H](O)[C@@H](O)[C@]4(C)[C@@H](C(C)=O)CC[C@]45O)C3)O[C@@H]2C)O[C@H](C)[C@H]1O. The molecule has 13 nitrogen and oxygen atoms in total. The van der Waals surface area contributed by atoms with E-state index in [1.165, 1.54) is 14.0 Å². The molecule has 0 amide bonds. The van der Waals surface area contributed by atoms with Crippen LogP contribution in [0.4, 0.5) is 0 Å². The molecule has 18 atom stereocenters. The number of rotatable bonds is 6. The summed E-state index contributed by atoms with van der Waals surface area (Å²) in [6.07, 6.45) is -7.20. The van der Waals surface area contributed by atoms with Crippen molar-refractivity contribution in [2.45, 2.75) is 164 Å². The number of carbonyl (C=O) groups excluding carboxylic acids is 1. The van der Waals surface area contributed by atoms with E-state index < -0.39 is 101 Å². The van der Waals surface area contributed by atoms with Gasteiger partial charge in [0, 0.05) is 30.8 Å². The van der Waals surface area contributed by atoms with Crippen molar-refractivity contribution < 1.29 is 64.2 Å². The molecule has 0 aromatic heterocycles. The molecule has 0 aromatic carbocycles. The topological polar surface area (TPSA) is 205 Å². The highest BCUT2D eigenvalue weighted by Crippen LogP contribution is 2.69. The van der Waals surface area contributed by atoms with Crippen LogP contribution in [0.2, 0.25) is 0 Å². The molecular formula is C34H54O13. The number of ether oxygens (including phenoxy) is 5. The van der Waals surface area contributed by atoms with E-state index in [2.05, 4.69) is 0 Å². The van der Waals surface area contributed by atoms with Crippen LogP contribution in [0, 0.1) is 22.7 Å². The molecule has 4 aliphatic carbocycles. The lowest BCUT2D eigenvalue weighted by Gasteiger charge is -2.67. The average Bonchev–Trinajstić information content (AvgIpc) is 3.30. The largest absolute Gasteiger partial charge is 0.390 e. The number of hydrogen-bond donors (Lipinski definition) is 7. The summed E-state index contributed by atoms with van der Waals surface area (Å²) in [7, 11) is 1.38. The third-order valence-electron chi connectivity index (χ3n) is 13.3. The normalized spacial score (nSPS) is 56.2. The molecule has 7 N–H and O–H groups in total. The number of aliphatic hydroxyl groups excluding tert-OH is 5. The summed E-state index contributed by atoms with van der Waals surface area (Å²) in [5.74, 6) is -1.72.